The van der Waals surface area contributed by atoms with E-state index in [0.29, 0.717) is 13.1 Å². The number of carbonyl (C=O) groups excluding carboxylic acids is 1. The minimum Gasteiger partial charge on any atom is -0.469 e. The first-order chi connectivity index (χ1) is 12.0. The van der Waals surface area contributed by atoms with Crippen LogP contribution in [0.4, 0.5) is 5.69 Å². The molecule has 0 radical (unpaired) electrons. The number of aryl methyl sites for hydroxylation is 1. The second-order valence-corrected chi connectivity index (χ2v) is 6.22. The molecule has 1 saturated heterocycles. The maximum atomic E-state index is 11.7. The van der Waals surface area contributed by atoms with Crippen LogP contribution in [-0.2, 0) is 23.1 Å². The van der Waals surface area contributed by atoms with Gasteiger partial charge in [0.15, 0.2) is 0 Å². The minimum atomic E-state index is -0.416. The number of methoxy groups -OCH3 is 1. The summed E-state index contributed by atoms with van der Waals surface area (Å²) >= 11 is 0. The number of nitrogens with zero attached hydrogens (tertiary/aromatic N) is 4. The Hall–Kier alpha value is -2.74. The summed E-state index contributed by atoms with van der Waals surface area (Å²) in [7, 11) is 3.26. The molecule has 25 heavy (non-hydrogen) atoms. The molecule has 1 aromatic carbocycles. The van der Waals surface area contributed by atoms with Crippen LogP contribution < -0.4 is 0 Å². The molecule has 8 nitrogen and oxygen atoms in total. The molecule has 1 aromatic heterocycles. The number of hydrogen-bond donors (Lipinski definition) is 0. The minimum absolute atomic E-state index is 0.0571. The quantitative estimate of drug-likeness (QED) is 0.468. The lowest BCUT2D eigenvalue weighted by Crippen LogP contribution is -2.23. The summed E-state index contributed by atoms with van der Waals surface area (Å²) in [5.41, 5.74) is 2.73. The van der Waals surface area contributed by atoms with Crippen LogP contribution in [0.2, 0.25) is 0 Å². The van der Waals surface area contributed by atoms with Crippen molar-refractivity contribution in [2.75, 3.05) is 20.2 Å². The van der Waals surface area contributed by atoms with Crippen LogP contribution in [0, 0.1) is 16.0 Å². The predicted molar refractivity (Wildman–Crippen MR) is 90.7 cm³/mol. The van der Waals surface area contributed by atoms with E-state index in [0.717, 1.165) is 29.8 Å². The van der Waals surface area contributed by atoms with Gasteiger partial charge in [0, 0.05) is 49.6 Å². The normalized spacial score (nSPS) is 17.6. The zero-order chi connectivity index (χ0) is 18.0. The van der Waals surface area contributed by atoms with Gasteiger partial charge in [-0.25, -0.2) is 0 Å². The number of aromatic nitrogens is 2. The van der Waals surface area contributed by atoms with Crippen molar-refractivity contribution in [2.24, 2.45) is 13.0 Å². The maximum Gasteiger partial charge on any atom is 0.310 e. The Morgan fingerprint density at radius 2 is 2.12 bits per heavy atom. The van der Waals surface area contributed by atoms with E-state index < -0.39 is 4.92 Å². The molecular weight excluding hydrogens is 324 g/mol. The second kappa shape index (κ2) is 7.02. The Labute approximate surface area is 145 Å². The molecule has 1 atom stereocenters. The number of esters is 1. The molecule has 3 rings (SSSR count). The summed E-state index contributed by atoms with van der Waals surface area (Å²) in [4.78, 5) is 24.3. The number of hydrogen-bond acceptors (Lipinski definition) is 6. The van der Waals surface area contributed by atoms with Crippen LogP contribution in [0.15, 0.2) is 30.5 Å². The van der Waals surface area contributed by atoms with Crippen molar-refractivity contribution in [2.45, 2.75) is 13.0 Å². The summed E-state index contributed by atoms with van der Waals surface area (Å²) in [5, 5.41) is 15.3. The van der Waals surface area contributed by atoms with Crippen LogP contribution in [0.25, 0.3) is 11.3 Å². The molecule has 2 heterocycles. The molecule has 2 aromatic rings. The van der Waals surface area contributed by atoms with Gasteiger partial charge in [-0.2, -0.15) is 5.10 Å². The Kier molecular flexibility index (Phi) is 4.80. The van der Waals surface area contributed by atoms with Crippen LogP contribution >= 0.6 is 0 Å². The molecule has 1 fully saturated rings. The fourth-order valence-corrected chi connectivity index (χ4v) is 3.21. The maximum absolute atomic E-state index is 11.7. The van der Waals surface area contributed by atoms with E-state index in [1.54, 1.807) is 16.8 Å². The number of rotatable bonds is 5. The van der Waals surface area contributed by atoms with Gasteiger partial charge in [0.2, 0.25) is 0 Å². The molecule has 0 bridgehead atoms. The smallest absolute Gasteiger partial charge is 0.310 e. The summed E-state index contributed by atoms with van der Waals surface area (Å²) in [6.45, 7) is 2.17. The Balaban J connectivity index is 1.77. The third kappa shape index (κ3) is 3.69. The van der Waals surface area contributed by atoms with Gasteiger partial charge in [-0.05, 0) is 25.1 Å². The van der Waals surface area contributed by atoms with Gasteiger partial charge in [-0.15, -0.1) is 0 Å². The molecular formula is C17H20N4O4. The van der Waals surface area contributed by atoms with Gasteiger partial charge in [0.1, 0.15) is 0 Å². The Morgan fingerprint density at radius 1 is 1.40 bits per heavy atom. The van der Waals surface area contributed by atoms with E-state index in [-0.39, 0.29) is 17.6 Å². The monoisotopic (exact) mass is 344 g/mol. The number of nitro benzene ring substituents is 1. The van der Waals surface area contributed by atoms with Crippen molar-refractivity contribution < 1.29 is 14.5 Å². The van der Waals surface area contributed by atoms with E-state index in [4.69, 9.17) is 4.74 Å². The first kappa shape index (κ1) is 17.1. The molecule has 0 spiro atoms. The van der Waals surface area contributed by atoms with Crippen molar-refractivity contribution in [3.63, 3.8) is 0 Å². The Bertz CT molecular complexity index is 784. The van der Waals surface area contributed by atoms with Crippen LogP contribution in [0.3, 0.4) is 0 Å². The van der Waals surface area contributed by atoms with Gasteiger partial charge in [0.05, 0.1) is 23.6 Å². The highest BCUT2D eigenvalue weighted by atomic mass is 16.6. The number of likely N-dealkylation sites (tertiary alicyclic amines) is 1. The average molecular weight is 344 g/mol. The van der Waals surface area contributed by atoms with E-state index >= 15 is 0 Å². The van der Waals surface area contributed by atoms with Crippen LogP contribution in [-0.4, -0.2) is 45.8 Å². The van der Waals surface area contributed by atoms with Crippen LogP contribution in [0.5, 0.6) is 0 Å². The molecule has 0 unspecified atom stereocenters. The topological polar surface area (TPSA) is 90.5 Å². The lowest BCUT2D eigenvalue weighted by molar-refractivity contribution is -0.384. The summed E-state index contributed by atoms with van der Waals surface area (Å²) in [6.07, 6.45) is 2.74. The van der Waals surface area contributed by atoms with E-state index in [2.05, 4.69) is 10.00 Å². The van der Waals surface area contributed by atoms with E-state index in [1.807, 2.05) is 13.2 Å². The van der Waals surface area contributed by atoms with E-state index in [9.17, 15) is 14.9 Å². The third-order valence-corrected chi connectivity index (χ3v) is 4.46. The molecule has 132 valence electrons. The zero-order valence-corrected chi connectivity index (χ0v) is 14.2. The predicted octanol–water partition coefficient (Wildman–Crippen LogP) is 1.99. The molecule has 0 amide bonds. The summed E-state index contributed by atoms with van der Waals surface area (Å²) in [6, 6.07) is 6.39. The van der Waals surface area contributed by atoms with Gasteiger partial charge in [-0.3, -0.25) is 24.5 Å². The first-order valence-corrected chi connectivity index (χ1v) is 8.05. The van der Waals surface area contributed by atoms with Crippen molar-refractivity contribution in [3.8, 4) is 11.3 Å². The molecule has 8 heteroatoms. The molecule has 0 N–H and O–H groups in total. The highest BCUT2D eigenvalue weighted by Crippen LogP contribution is 2.27. The van der Waals surface area contributed by atoms with Crippen LogP contribution in [0.1, 0.15) is 12.0 Å². The SMILES string of the molecule is COC(=O)[C@@H]1CCN(Cc2cn(C)nc2-c2ccc([N+](=O)[O-])cc2)C1. The molecule has 0 saturated carbocycles. The third-order valence-electron chi connectivity index (χ3n) is 4.46. The standard InChI is InChI=1S/C17H20N4O4/c1-19-9-14(11-20-8-7-13(10-20)17(22)25-2)16(18-19)12-3-5-15(6-4-12)21(23)24/h3-6,9,13H,7-8,10-11H2,1-2H3/t13-/m1/s1. The number of carbonyl (C=O) groups is 1. The average Bonchev–Trinajstić information content (AvgIpc) is 3.21. The fourth-order valence-electron chi connectivity index (χ4n) is 3.21. The van der Waals surface area contributed by atoms with Gasteiger partial charge < -0.3 is 4.74 Å². The number of benzene rings is 1. The largest absolute Gasteiger partial charge is 0.469 e. The number of ether oxygens (including phenoxy) is 1. The Morgan fingerprint density at radius 3 is 2.76 bits per heavy atom. The van der Waals surface area contributed by atoms with Crippen molar-refractivity contribution >= 4 is 11.7 Å². The van der Waals surface area contributed by atoms with Gasteiger partial charge in [-0.1, -0.05) is 0 Å². The van der Waals surface area contributed by atoms with Crippen molar-refractivity contribution in [1.82, 2.24) is 14.7 Å². The number of non-ortho nitro benzene ring substituents is 1. The zero-order valence-electron chi connectivity index (χ0n) is 14.2. The lowest BCUT2D eigenvalue weighted by Gasteiger charge is -2.15. The summed E-state index contributed by atoms with van der Waals surface area (Å²) < 4.78 is 6.56. The summed E-state index contributed by atoms with van der Waals surface area (Å²) in [5.74, 6) is -0.242. The van der Waals surface area contributed by atoms with E-state index in [1.165, 1.54) is 19.2 Å². The van der Waals surface area contributed by atoms with Crippen molar-refractivity contribution in [3.05, 3.63) is 46.1 Å². The molecule has 1 aliphatic rings. The fraction of sp³-hybridized carbons (Fsp3) is 0.412. The molecule has 0 aliphatic carbocycles. The first-order valence-electron chi connectivity index (χ1n) is 8.05. The second-order valence-electron chi connectivity index (χ2n) is 6.22. The highest BCUT2D eigenvalue weighted by Gasteiger charge is 2.29. The van der Waals surface area contributed by atoms with Gasteiger partial charge >= 0.3 is 5.97 Å². The number of nitro groups is 1. The van der Waals surface area contributed by atoms with Crippen molar-refractivity contribution in [1.29, 1.82) is 0 Å². The lowest BCUT2D eigenvalue weighted by atomic mass is 10.1. The van der Waals surface area contributed by atoms with Gasteiger partial charge in [0.25, 0.3) is 5.69 Å². The molecule has 1 aliphatic heterocycles. The highest BCUT2D eigenvalue weighted by molar-refractivity contribution is 5.73.